The Kier molecular flexibility index (Phi) is 4.96. The summed E-state index contributed by atoms with van der Waals surface area (Å²) in [6.07, 6.45) is 0. The largest absolute Gasteiger partial charge is 0.493 e. The Labute approximate surface area is 174 Å². The van der Waals surface area contributed by atoms with Gasteiger partial charge in [0.05, 0.1) is 30.6 Å². The molecule has 29 heavy (non-hydrogen) atoms. The number of aromatic nitrogens is 2. The molecule has 150 valence electrons. The lowest BCUT2D eigenvalue weighted by atomic mass is 9.89. The molecule has 2 heterocycles. The minimum absolute atomic E-state index is 0.140. The Bertz CT molecular complexity index is 1140. The van der Waals surface area contributed by atoms with Gasteiger partial charge in [-0.15, -0.1) is 0 Å². The predicted octanol–water partition coefficient (Wildman–Crippen LogP) is 4.75. The smallest absolute Gasteiger partial charge is 0.350 e. The van der Waals surface area contributed by atoms with Crippen molar-refractivity contribution in [3.8, 4) is 22.8 Å². The van der Waals surface area contributed by atoms with E-state index < -0.39 is 0 Å². The fourth-order valence-electron chi connectivity index (χ4n) is 3.78. The van der Waals surface area contributed by atoms with Crippen molar-refractivity contribution in [3.63, 3.8) is 0 Å². The van der Waals surface area contributed by atoms with Crippen LogP contribution in [0.15, 0.2) is 41.2 Å². The van der Waals surface area contributed by atoms with Crippen molar-refractivity contribution < 1.29 is 9.47 Å². The van der Waals surface area contributed by atoms with Gasteiger partial charge in [0.15, 0.2) is 11.5 Å². The molecule has 6 nitrogen and oxygen atoms in total. The normalized spacial score (nSPS) is 14.7. The average molecular weight is 412 g/mol. The van der Waals surface area contributed by atoms with Crippen LogP contribution in [0.2, 0.25) is 5.02 Å². The first kappa shape index (κ1) is 19.3. The van der Waals surface area contributed by atoms with Gasteiger partial charge in [0, 0.05) is 24.1 Å². The summed E-state index contributed by atoms with van der Waals surface area (Å²) in [6.45, 7) is 4.59. The van der Waals surface area contributed by atoms with E-state index in [2.05, 4.69) is 17.2 Å². The maximum atomic E-state index is 12.8. The first-order valence-electron chi connectivity index (χ1n) is 9.33. The average Bonchev–Trinajstić information content (AvgIpc) is 2.71. The molecule has 1 N–H and O–H groups in total. The van der Waals surface area contributed by atoms with Crippen LogP contribution in [0.5, 0.6) is 11.5 Å². The molecule has 0 saturated carbocycles. The molecule has 1 atom stereocenters. The Balaban J connectivity index is 1.87. The molecular formula is C22H22ClN3O3. The number of nitrogens with zero attached hydrogens (tertiary/aromatic N) is 2. The zero-order valence-electron chi connectivity index (χ0n) is 16.7. The first-order valence-corrected chi connectivity index (χ1v) is 9.71. The van der Waals surface area contributed by atoms with Gasteiger partial charge in [-0.1, -0.05) is 30.7 Å². The minimum atomic E-state index is -0.304. The maximum Gasteiger partial charge on any atom is 0.350 e. The van der Waals surface area contributed by atoms with Crippen molar-refractivity contribution in [2.45, 2.75) is 26.3 Å². The Morgan fingerprint density at radius 1 is 1.17 bits per heavy atom. The van der Waals surface area contributed by atoms with Crippen LogP contribution >= 0.6 is 11.6 Å². The van der Waals surface area contributed by atoms with Gasteiger partial charge < -0.3 is 14.8 Å². The zero-order chi connectivity index (χ0) is 20.7. The second kappa shape index (κ2) is 7.44. The number of rotatable bonds is 4. The summed E-state index contributed by atoms with van der Waals surface area (Å²) in [4.78, 5) is 17.0. The van der Waals surface area contributed by atoms with Crippen LogP contribution in [0.1, 0.15) is 24.0 Å². The van der Waals surface area contributed by atoms with Gasteiger partial charge >= 0.3 is 5.69 Å². The van der Waals surface area contributed by atoms with Gasteiger partial charge in [-0.25, -0.2) is 4.79 Å². The molecule has 0 spiro atoms. The van der Waals surface area contributed by atoms with Crippen molar-refractivity contribution in [2.24, 2.45) is 0 Å². The van der Waals surface area contributed by atoms with Crippen LogP contribution < -0.4 is 20.5 Å². The summed E-state index contributed by atoms with van der Waals surface area (Å²) in [5, 5.41) is 3.79. The molecule has 1 aliphatic heterocycles. The topological polar surface area (TPSA) is 65.4 Å². The number of nitrogens with one attached hydrogen (secondary N) is 1. The number of benzene rings is 2. The summed E-state index contributed by atoms with van der Waals surface area (Å²) in [7, 11) is 3.22. The second-order valence-electron chi connectivity index (χ2n) is 7.17. The molecule has 1 aromatic heterocycles. The van der Waals surface area contributed by atoms with Gasteiger partial charge in [0.2, 0.25) is 0 Å². The van der Waals surface area contributed by atoms with Crippen LogP contribution in [0.4, 0.5) is 11.5 Å². The highest BCUT2D eigenvalue weighted by atomic mass is 35.5. The molecule has 2 aromatic carbocycles. The van der Waals surface area contributed by atoms with Crippen LogP contribution in [0.25, 0.3) is 11.3 Å². The fourth-order valence-corrected chi connectivity index (χ4v) is 4.05. The highest BCUT2D eigenvalue weighted by Gasteiger charge is 2.26. The number of anilines is 2. The molecule has 0 bridgehead atoms. The summed E-state index contributed by atoms with van der Waals surface area (Å²) < 4.78 is 12.6. The van der Waals surface area contributed by atoms with Gasteiger partial charge in [0.1, 0.15) is 5.82 Å². The lowest BCUT2D eigenvalue weighted by Crippen LogP contribution is -2.30. The summed E-state index contributed by atoms with van der Waals surface area (Å²) >= 11 is 6.33. The predicted molar refractivity (Wildman–Crippen MR) is 115 cm³/mol. The molecule has 7 heteroatoms. The van der Waals surface area contributed by atoms with Gasteiger partial charge in [-0.2, -0.15) is 4.98 Å². The molecule has 0 aliphatic carbocycles. The van der Waals surface area contributed by atoms with E-state index in [-0.39, 0.29) is 11.6 Å². The van der Waals surface area contributed by atoms with Crippen LogP contribution in [0.3, 0.4) is 0 Å². The lowest BCUT2D eigenvalue weighted by Gasteiger charge is -2.28. The maximum absolute atomic E-state index is 12.8. The molecule has 0 amide bonds. The van der Waals surface area contributed by atoms with E-state index in [1.54, 1.807) is 24.9 Å². The van der Waals surface area contributed by atoms with Crippen LogP contribution in [-0.4, -0.2) is 23.8 Å². The number of methoxy groups -OCH3 is 2. The highest BCUT2D eigenvalue weighted by molar-refractivity contribution is 6.33. The standard InChI is InChI=1S/C22H22ClN3O3/c1-12-6-5-7-16(23)21(12)24-20-10-17-15-9-19(29-4)18(28-3)8-14(15)13(2)11-26(17)22(27)25-20/h5-10,13H,11H2,1-4H3,(H,24,25,27). The third-order valence-electron chi connectivity index (χ3n) is 5.31. The quantitative estimate of drug-likeness (QED) is 0.671. The molecular weight excluding hydrogens is 390 g/mol. The van der Waals surface area contributed by atoms with Gasteiger partial charge in [0.25, 0.3) is 0 Å². The lowest BCUT2D eigenvalue weighted by molar-refractivity contribution is 0.354. The number of hydrogen-bond donors (Lipinski definition) is 1. The molecule has 0 fully saturated rings. The minimum Gasteiger partial charge on any atom is -0.493 e. The molecule has 4 rings (SSSR count). The van der Waals surface area contributed by atoms with E-state index in [1.807, 2.05) is 37.3 Å². The molecule has 1 aliphatic rings. The summed E-state index contributed by atoms with van der Waals surface area (Å²) in [5.41, 5.74) is 4.22. The first-order chi connectivity index (χ1) is 13.9. The molecule has 0 radical (unpaired) electrons. The van der Waals surface area contributed by atoms with Gasteiger partial charge in [-0.3, -0.25) is 4.57 Å². The van der Waals surface area contributed by atoms with E-state index >= 15 is 0 Å². The van der Waals surface area contributed by atoms with Crippen molar-refractivity contribution >= 4 is 23.1 Å². The summed E-state index contributed by atoms with van der Waals surface area (Å²) in [5.74, 6) is 1.88. The van der Waals surface area contributed by atoms with E-state index in [0.717, 1.165) is 28.1 Å². The molecule has 1 unspecified atom stereocenters. The Morgan fingerprint density at radius 2 is 1.90 bits per heavy atom. The number of hydrogen-bond acceptors (Lipinski definition) is 5. The number of para-hydroxylation sites is 1. The van der Waals surface area contributed by atoms with Crippen LogP contribution in [-0.2, 0) is 6.54 Å². The zero-order valence-corrected chi connectivity index (χ0v) is 17.5. The third-order valence-corrected chi connectivity index (χ3v) is 5.62. The van der Waals surface area contributed by atoms with E-state index in [4.69, 9.17) is 21.1 Å². The second-order valence-corrected chi connectivity index (χ2v) is 7.58. The van der Waals surface area contributed by atoms with Crippen molar-refractivity contribution in [3.05, 3.63) is 63.0 Å². The van der Waals surface area contributed by atoms with Crippen molar-refractivity contribution in [1.82, 2.24) is 9.55 Å². The fraction of sp³-hybridized carbons (Fsp3) is 0.273. The summed E-state index contributed by atoms with van der Waals surface area (Å²) in [6, 6.07) is 11.4. The third kappa shape index (κ3) is 3.34. The number of fused-ring (bicyclic) bond motifs is 3. The van der Waals surface area contributed by atoms with Crippen molar-refractivity contribution in [1.29, 1.82) is 0 Å². The van der Waals surface area contributed by atoms with E-state index in [0.29, 0.717) is 28.9 Å². The van der Waals surface area contributed by atoms with E-state index in [1.165, 1.54) is 0 Å². The highest BCUT2D eigenvalue weighted by Crippen LogP contribution is 2.42. The Morgan fingerprint density at radius 3 is 2.59 bits per heavy atom. The number of aryl methyl sites for hydroxylation is 1. The molecule has 3 aromatic rings. The van der Waals surface area contributed by atoms with Gasteiger partial charge in [-0.05, 0) is 36.2 Å². The van der Waals surface area contributed by atoms with Crippen LogP contribution in [0, 0.1) is 6.92 Å². The van der Waals surface area contributed by atoms with Crippen molar-refractivity contribution in [2.75, 3.05) is 19.5 Å². The number of halogens is 1. The van der Waals surface area contributed by atoms with E-state index in [9.17, 15) is 4.79 Å². The molecule has 0 saturated heterocycles. The Hall–Kier alpha value is -2.99. The monoisotopic (exact) mass is 411 g/mol. The SMILES string of the molecule is COc1cc2c(cc1OC)C(C)Cn1c-2cc(Nc2c(C)cccc2Cl)nc1=O. The number of ether oxygens (including phenoxy) is 2.